The number of nitrogens with zero attached hydrogens (tertiary/aromatic N) is 2. The second kappa shape index (κ2) is 9.90. The lowest BCUT2D eigenvalue weighted by atomic mass is 10.00. The number of benzene rings is 3. The SMILES string of the molecule is CNC(=O)c1c(-c2ccc(Cl)cc2)oc2cc(N(Cc3ccc(N)c(C#N)c3)S(=O)O)c(C3CC3)cc12. The Labute approximate surface area is 221 Å². The molecule has 10 heteroatoms. The molecule has 1 aromatic heterocycles. The molecule has 0 bridgehead atoms. The van der Waals surface area contributed by atoms with E-state index in [0.29, 0.717) is 55.4 Å². The number of nitrogens with two attached hydrogens (primary N) is 1. The van der Waals surface area contributed by atoms with Crippen LogP contribution >= 0.6 is 11.6 Å². The molecule has 4 aromatic rings. The molecule has 1 saturated carbocycles. The van der Waals surface area contributed by atoms with Crippen molar-refractivity contribution in [3.05, 3.63) is 81.9 Å². The summed E-state index contributed by atoms with van der Waals surface area (Å²) in [7, 11) is 1.56. The molecule has 1 unspecified atom stereocenters. The smallest absolute Gasteiger partial charge is 0.262 e. The van der Waals surface area contributed by atoms with Gasteiger partial charge >= 0.3 is 0 Å². The van der Waals surface area contributed by atoms with Crippen molar-refractivity contribution < 1.29 is 18.0 Å². The first-order valence-corrected chi connectivity index (χ1v) is 13.0. The van der Waals surface area contributed by atoms with E-state index in [1.165, 1.54) is 4.31 Å². The zero-order valence-corrected chi connectivity index (χ0v) is 21.4. The summed E-state index contributed by atoms with van der Waals surface area (Å²) in [5.74, 6) is 0.281. The van der Waals surface area contributed by atoms with E-state index in [0.717, 1.165) is 18.4 Å². The van der Waals surface area contributed by atoms with Crippen LogP contribution in [0.2, 0.25) is 5.02 Å². The van der Waals surface area contributed by atoms with Crippen molar-refractivity contribution in [1.29, 1.82) is 5.26 Å². The van der Waals surface area contributed by atoms with Gasteiger partial charge in [0.1, 0.15) is 17.4 Å². The Morgan fingerprint density at radius 2 is 1.97 bits per heavy atom. The molecule has 0 saturated heterocycles. The van der Waals surface area contributed by atoms with Gasteiger partial charge in [0.05, 0.1) is 23.4 Å². The fourth-order valence-electron chi connectivity index (χ4n) is 4.43. The van der Waals surface area contributed by atoms with Gasteiger partial charge in [0, 0.05) is 34.8 Å². The number of carbonyl (C=O) groups excluding carboxylic acids is 1. The van der Waals surface area contributed by atoms with E-state index < -0.39 is 11.3 Å². The van der Waals surface area contributed by atoms with Crippen LogP contribution in [0, 0.1) is 11.3 Å². The van der Waals surface area contributed by atoms with Crippen LogP contribution in [0.4, 0.5) is 11.4 Å². The number of anilines is 2. The minimum atomic E-state index is -2.37. The maximum Gasteiger partial charge on any atom is 0.262 e. The molecule has 1 aliphatic rings. The first-order chi connectivity index (χ1) is 17.8. The molecule has 5 rings (SSSR count). The fourth-order valence-corrected chi connectivity index (χ4v) is 5.14. The van der Waals surface area contributed by atoms with Crippen LogP contribution in [0.25, 0.3) is 22.3 Å². The van der Waals surface area contributed by atoms with Gasteiger partial charge in [-0.15, -0.1) is 0 Å². The molecule has 37 heavy (non-hydrogen) atoms. The number of furan rings is 1. The van der Waals surface area contributed by atoms with Gasteiger partial charge in [0.2, 0.25) is 0 Å². The van der Waals surface area contributed by atoms with E-state index >= 15 is 0 Å². The number of carbonyl (C=O) groups is 1. The Kier molecular flexibility index (Phi) is 6.65. The average molecular weight is 535 g/mol. The highest BCUT2D eigenvalue weighted by Crippen LogP contribution is 2.48. The van der Waals surface area contributed by atoms with Gasteiger partial charge < -0.3 is 15.5 Å². The number of amides is 1. The van der Waals surface area contributed by atoms with Crippen LogP contribution in [-0.2, 0) is 17.8 Å². The maximum atomic E-state index is 13.0. The summed E-state index contributed by atoms with van der Waals surface area (Å²) in [4.78, 5) is 13.0. The predicted octanol–water partition coefficient (Wildman–Crippen LogP) is 5.59. The van der Waals surface area contributed by atoms with E-state index in [9.17, 15) is 18.8 Å². The monoisotopic (exact) mass is 534 g/mol. The molecule has 1 heterocycles. The highest BCUT2D eigenvalue weighted by molar-refractivity contribution is 7.80. The number of nitrogens with one attached hydrogen (secondary N) is 1. The standard InChI is InChI=1S/C27H23ClN4O4S/c1-31-27(33)25-21-11-20(16-3-4-16)23(12-24(21)36-26(25)17-5-7-19(28)8-6-17)32(37(34)35)14-15-2-9-22(30)18(10-15)13-29/h2,5-12,16H,3-4,14,30H2,1H3,(H,31,33)(H,34,35). The first-order valence-electron chi connectivity index (χ1n) is 11.6. The number of hydrogen-bond donors (Lipinski definition) is 3. The highest BCUT2D eigenvalue weighted by atomic mass is 35.5. The largest absolute Gasteiger partial charge is 0.455 e. The molecule has 3 aromatic carbocycles. The summed E-state index contributed by atoms with van der Waals surface area (Å²) >= 11 is 3.68. The second-order valence-corrected chi connectivity index (χ2v) is 10.2. The molecule has 8 nitrogen and oxygen atoms in total. The lowest BCUT2D eigenvalue weighted by Gasteiger charge is -2.23. The van der Waals surface area contributed by atoms with Crippen molar-refractivity contribution in [1.82, 2.24) is 5.32 Å². The Morgan fingerprint density at radius 3 is 2.59 bits per heavy atom. The molecule has 1 aliphatic carbocycles. The summed E-state index contributed by atoms with van der Waals surface area (Å²) in [5, 5.41) is 13.2. The number of rotatable bonds is 7. The summed E-state index contributed by atoms with van der Waals surface area (Å²) in [6.07, 6.45) is 1.87. The van der Waals surface area contributed by atoms with Gasteiger partial charge in [-0.3, -0.25) is 13.7 Å². The van der Waals surface area contributed by atoms with Crippen molar-refractivity contribution in [2.24, 2.45) is 0 Å². The normalized spacial score (nSPS) is 13.8. The van der Waals surface area contributed by atoms with E-state index in [1.807, 2.05) is 12.1 Å². The zero-order chi connectivity index (χ0) is 26.3. The minimum Gasteiger partial charge on any atom is -0.455 e. The molecule has 1 amide bonds. The topological polar surface area (TPSA) is 133 Å². The Morgan fingerprint density at radius 1 is 1.24 bits per heavy atom. The predicted molar refractivity (Wildman–Crippen MR) is 145 cm³/mol. The van der Waals surface area contributed by atoms with Crippen LogP contribution in [0.1, 0.15) is 45.8 Å². The number of fused-ring (bicyclic) bond motifs is 1. The number of hydrogen-bond acceptors (Lipinski definition) is 5. The third-order valence-corrected chi connectivity index (χ3v) is 7.39. The summed E-state index contributed by atoms with van der Waals surface area (Å²) in [6.45, 7) is 0.0658. The lowest BCUT2D eigenvalue weighted by Crippen LogP contribution is -2.26. The van der Waals surface area contributed by atoms with E-state index in [1.54, 1.807) is 55.6 Å². The van der Waals surface area contributed by atoms with E-state index in [-0.39, 0.29) is 18.4 Å². The van der Waals surface area contributed by atoms with Crippen molar-refractivity contribution in [2.45, 2.75) is 25.3 Å². The van der Waals surface area contributed by atoms with Crippen LogP contribution in [0.5, 0.6) is 0 Å². The molecular weight excluding hydrogens is 512 g/mol. The second-order valence-electron chi connectivity index (χ2n) is 8.87. The van der Waals surface area contributed by atoms with Crippen molar-refractivity contribution in [2.75, 3.05) is 17.1 Å². The first kappa shape index (κ1) is 24.8. The van der Waals surface area contributed by atoms with Crippen molar-refractivity contribution in [3.63, 3.8) is 0 Å². The average Bonchev–Trinajstić information content (AvgIpc) is 3.67. The third-order valence-electron chi connectivity index (χ3n) is 6.44. The maximum absolute atomic E-state index is 13.0. The summed E-state index contributed by atoms with van der Waals surface area (Å²) < 4.78 is 30.4. The van der Waals surface area contributed by atoms with E-state index in [4.69, 9.17) is 21.8 Å². The highest BCUT2D eigenvalue weighted by Gasteiger charge is 2.32. The molecular formula is C27H23ClN4O4S. The molecule has 0 radical (unpaired) electrons. The quantitative estimate of drug-likeness (QED) is 0.209. The number of nitriles is 1. The van der Waals surface area contributed by atoms with Gasteiger partial charge in [-0.25, -0.2) is 4.21 Å². The number of nitrogen functional groups attached to an aromatic ring is 1. The van der Waals surface area contributed by atoms with Crippen molar-refractivity contribution >= 4 is 51.1 Å². The van der Waals surface area contributed by atoms with Crippen LogP contribution in [-0.4, -0.2) is 21.7 Å². The summed E-state index contributed by atoms with van der Waals surface area (Å²) in [5.41, 5.74) is 10.0. The fraction of sp³-hybridized carbons (Fsp3) is 0.185. The Hall–Kier alpha value is -3.84. The molecule has 1 fully saturated rings. The van der Waals surface area contributed by atoms with Crippen LogP contribution in [0.3, 0.4) is 0 Å². The molecule has 0 spiro atoms. The summed E-state index contributed by atoms with van der Waals surface area (Å²) in [6, 6.07) is 17.6. The zero-order valence-electron chi connectivity index (χ0n) is 19.8. The van der Waals surface area contributed by atoms with Crippen molar-refractivity contribution in [3.8, 4) is 17.4 Å². The van der Waals surface area contributed by atoms with E-state index in [2.05, 4.69) is 5.32 Å². The Bertz CT molecular complexity index is 1590. The van der Waals surface area contributed by atoms with Gasteiger partial charge in [-0.1, -0.05) is 17.7 Å². The van der Waals surface area contributed by atoms with Crippen LogP contribution in [0.15, 0.2) is 59.0 Å². The van der Waals surface area contributed by atoms with Crippen LogP contribution < -0.4 is 15.4 Å². The third kappa shape index (κ3) is 4.79. The van der Waals surface area contributed by atoms with Gasteiger partial charge in [0.25, 0.3) is 17.2 Å². The lowest BCUT2D eigenvalue weighted by molar-refractivity contribution is 0.0964. The van der Waals surface area contributed by atoms with Gasteiger partial charge in [0.15, 0.2) is 0 Å². The van der Waals surface area contributed by atoms with Gasteiger partial charge in [-0.2, -0.15) is 5.26 Å². The number of halogens is 1. The minimum absolute atomic E-state index is 0.0658. The molecule has 188 valence electrons. The Balaban J connectivity index is 1.68. The molecule has 1 atom stereocenters. The molecule has 0 aliphatic heterocycles. The van der Waals surface area contributed by atoms with Gasteiger partial charge in [-0.05, 0) is 72.4 Å². The molecule has 4 N–H and O–H groups in total.